The molecule has 0 bridgehead atoms. The maximum atomic E-state index is 13.7. The Morgan fingerprint density at radius 1 is 0.413 bits per heavy atom. The van der Waals surface area contributed by atoms with Gasteiger partial charge >= 0.3 is 30.3 Å². The van der Waals surface area contributed by atoms with Crippen LogP contribution in [-0.4, -0.2) is 110 Å². The second kappa shape index (κ2) is 36.8. The van der Waals surface area contributed by atoms with E-state index in [2.05, 4.69) is 30.9 Å². The molecule has 0 unspecified atom stereocenters. The van der Waals surface area contributed by atoms with Crippen molar-refractivity contribution < 1.29 is 47.8 Å². The summed E-state index contributed by atoms with van der Waals surface area (Å²) < 4.78 is 10.7. The molecular formula is C82H93Cl3N14O10. The standard InChI is InChI=1S/C28H29Cl2N5O4.C28H31N5O4.C24H24N4O2.2CH4.ClH/c1-17(33(5)27(38)39-28(2,3)4)25(36)32-24-15-14-23-22(31-24)16-34(20-10-6-18(29)7-11-20)26(37)35(23)21-12-8-19(30)9-13-21;1-19(31(5)27(36)37-28(2,3)4)25(34)30-24-17-16-23-22(29-24)18-32(20-12-8-6-9-13-20)26(35)33(23)21-14-10-7-11-15-21;1-3-17(2)23(29)26-22-15-14-21-20(25-22)16-27(18-10-6-4-7-11-18)24(30)28(21)19-12-8-5-9-13-19;;;/h6-15,17H,16H2,1-5H3,(H,31,32,36);6-17,19H,18H2,1-5H3,(H,29,30,34);4-15,17H,3,16H2,1-2H3,(H,25,26,29);2*1H4;1H/t17-;19-;17-;;;/m001.../s1. The third-order valence-corrected chi connectivity index (χ3v) is 17.8. The van der Waals surface area contributed by atoms with Crippen LogP contribution in [0.3, 0.4) is 0 Å². The van der Waals surface area contributed by atoms with Gasteiger partial charge in [0.25, 0.3) is 0 Å². The van der Waals surface area contributed by atoms with Crippen molar-refractivity contribution in [2.45, 2.75) is 133 Å². The smallest absolute Gasteiger partial charge is 0.410 e. The lowest BCUT2D eigenvalue weighted by Crippen LogP contribution is -2.46. The predicted molar refractivity (Wildman–Crippen MR) is 436 cm³/mol. The Kier molecular flexibility index (Phi) is 28.6. The van der Waals surface area contributed by atoms with Crippen molar-refractivity contribution >= 4 is 152 Å². The molecule has 11 amide bonds. The molecule has 572 valence electrons. The van der Waals surface area contributed by atoms with Crippen LogP contribution in [0.15, 0.2) is 206 Å². The lowest BCUT2D eigenvalue weighted by atomic mass is 10.1. The molecule has 9 aromatic rings. The van der Waals surface area contributed by atoms with Gasteiger partial charge in [-0.2, -0.15) is 0 Å². The summed E-state index contributed by atoms with van der Waals surface area (Å²) in [5.74, 6) is 0.102. The molecule has 0 radical (unpaired) electrons. The molecule has 12 rings (SSSR count). The number of fused-ring (bicyclic) bond motifs is 3. The van der Waals surface area contributed by atoms with Gasteiger partial charge in [0.05, 0.1) is 70.8 Å². The number of pyridine rings is 3. The maximum Gasteiger partial charge on any atom is 0.410 e. The molecule has 3 N–H and O–H groups in total. The zero-order valence-corrected chi connectivity index (χ0v) is 63.7. The van der Waals surface area contributed by atoms with Gasteiger partial charge in [0.15, 0.2) is 0 Å². The Balaban J connectivity index is 0.000000226. The van der Waals surface area contributed by atoms with Gasteiger partial charge in [-0.05, 0) is 195 Å². The molecule has 6 aromatic carbocycles. The van der Waals surface area contributed by atoms with Gasteiger partial charge in [0.1, 0.15) is 40.7 Å². The summed E-state index contributed by atoms with van der Waals surface area (Å²) in [7, 11) is 3.01. The largest absolute Gasteiger partial charge is 0.444 e. The highest BCUT2D eigenvalue weighted by Crippen LogP contribution is 2.41. The fourth-order valence-electron chi connectivity index (χ4n) is 11.1. The number of urea groups is 3. The number of carbonyl (C=O) groups is 8. The quantitative estimate of drug-likeness (QED) is 0.0864. The molecule has 0 saturated heterocycles. The van der Waals surface area contributed by atoms with Crippen LogP contribution in [0.4, 0.5) is 92.6 Å². The van der Waals surface area contributed by atoms with E-state index in [1.807, 2.05) is 141 Å². The Morgan fingerprint density at radius 2 is 0.670 bits per heavy atom. The Bertz CT molecular complexity index is 4680. The van der Waals surface area contributed by atoms with Crippen molar-refractivity contribution in [2.75, 3.05) is 59.4 Å². The number of carbonyl (C=O) groups excluding carboxylic acids is 8. The molecule has 0 spiro atoms. The van der Waals surface area contributed by atoms with Gasteiger partial charge in [-0.3, -0.25) is 53.6 Å². The van der Waals surface area contributed by atoms with E-state index in [1.54, 1.807) is 164 Å². The molecule has 27 heteroatoms. The van der Waals surface area contributed by atoms with Crippen molar-refractivity contribution in [1.29, 1.82) is 0 Å². The van der Waals surface area contributed by atoms with Crippen LogP contribution in [0, 0.1) is 5.92 Å². The number of nitrogens with one attached hydrogen (secondary N) is 3. The van der Waals surface area contributed by atoms with Gasteiger partial charge in [0.2, 0.25) is 17.7 Å². The van der Waals surface area contributed by atoms with E-state index in [0.29, 0.717) is 68.1 Å². The zero-order chi connectivity index (χ0) is 76.3. The monoisotopic (exact) mass is 1540 g/mol. The molecule has 3 atom stereocenters. The van der Waals surface area contributed by atoms with Gasteiger partial charge < -0.3 is 25.4 Å². The fourth-order valence-corrected chi connectivity index (χ4v) is 11.4. The minimum absolute atomic E-state index is 0. The molecule has 6 heterocycles. The topological polar surface area (TPSA) is 256 Å². The van der Waals surface area contributed by atoms with Gasteiger partial charge in [-0.25, -0.2) is 38.9 Å². The predicted octanol–water partition coefficient (Wildman–Crippen LogP) is 19.5. The van der Waals surface area contributed by atoms with Crippen LogP contribution < -0.4 is 45.3 Å². The molecule has 0 aliphatic carbocycles. The molecule has 3 aliphatic heterocycles. The van der Waals surface area contributed by atoms with E-state index in [1.165, 1.54) is 23.9 Å². The van der Waals surface area contributed by atoms with Crippen LogP contribution in [-0.2, 0) is 43.5 Å². The highest BCUT2D eigenvalue weighted by Gasteiger charge is 2.38. The fraction of sp³-hybridized carbons (Fsp3) is 0.280. The van der Waals surface area contributed by atoms with Crippen molar-refractivity contribution in [1.82, 2.24) is 24.8 Å². The lowest BCUT2D eigenvalue weighted by molar-refractivity contribution is -0.121. The third-order valence-electron chi connectivity index (χ3n) is 17.2. The van der Waals surface area contributed by atoms with Crippen LogP contribution in [0.2, 0.25) is 10.0 Å². The highest BCUT2D eigenvalue weighted by molar-refractivity contribution is 6.31. The maximum absolute atomic E-state index is 13.7. The summed E-state index contributed by atoms with van der Waals surface area (Å²) in [6.45, 7) is 18.4. The van der Waals surface area contributed by atoms with Crippen molar-refractivity contribution in [3.63, 3.8) is 0 Å². The molecule has 3 aliphatic rings. The first-order valence-electron chi connectivity index (χ1n) is 34.4. The highest BCUT2D eigenvalue weighted by atomic mass is 35.5. The van der Waals surface area contributed by atoms with E-state index >= 15 is 0 Å². The van der Waals surface area contributed by atoms with E-state index < -0.39 is 47.3 Å². The first-order valence-corrected chi connectivity index (χ1v) is 35.1. The number of nitrogens with zero attached hydrogens (tertiary/aromatic N) is 11. The Hall–Kier alpha value is -11.6. The summed E-state index contributed by atoms with van der Waals surface area (Å²) in [6.07, 6.45) is -0.446. The molecular weight excluding hydrogens is 1450 g/mol. The number of benzene rings is 6. The number of para-hydroxylation sites is 4. The van der Waals surface area contributed by atoms with Crippen LogP contribution in [0.25, 0.3) is 0 Å². The number of halogens is 3. The molecule has 109 heavy (non-hydrogen) atoms. The van der Waals surface area contributed by atoms with Gasteiger partial charge in [-0.1, -0.05) is 125 Å². The summed E-state index contributed by atoms with van der Waals surface area (Å²) in [5, 5.41) is 9.54. The Labute approximate surface area is 653 Å². The lowest BCUT2D eigenvalue weighted by Gasteiger charge is -2.36. The number of aromatic nitrogens is 3. The number of likely N-dealkylation sites (N-methyl/N-ethyl adjacent to an activating group) is 2. The minimum Gasteiger partial charge on any atom is -0.444 e. The van der Waals surface area contributed by atoms with Gasteiger partial charge in [-0.15, -0.1) is 12.4 Å². The zero-order valence-electron chi connectivity index (χ0n) is 61.4. The number of ether oxygens (including phenoxy) is 2. The average Bonchev–Trinajstić information content (AvgIpc) is 0.766. The summed E-state index contributed by atoms with van der Waals surface area (Å²) in [4.78, 5) is 130. The molecule has 24 nitrogen and oxygen atoms in total. The van der Waals surface area contributed by atoms with Crippen LogP contribution >= 0.6 is 35.6 Å². The van der Waals surface area contributed by atoms with Crippen LogP contribution in [0.5, 0.6) is 0 Å². The van der Waals surface area contributed by atoms with Crippen molar-refractivity contribution in [3.05, 3.63) is 233 Å². The summed E-state index contributed by atoms with van der Waals surface area (Å²) in [6, 6.07) is 59.7. The number of rotatable bonds is 15. The summed E-state index contributed by atoms with van der Waals surface area (Å²) in [5.41, 5.74) is 6.74. The normalized spacial score (nSPS) is 13.7. The van der Waals surface area contributed by atoms with Crippen LogP contribution in [0.1, 0.15) is 108 Å². The van der Waals surface area contributed by atoms with E-state index in [4.69, 9.17) is 32.7 Å². The SMILES string of the molecule is C.C.CC[C@@H](C)C(=O)Nc1ccc2c(n1)CN(c1ccccc1)C(=O)N2c1ccccc1.C[C@@H](C(=O)Nc1ccc2c(n1)CN(c1ccc(Cl)cc1)C(=O)N2c1ccc(Cl)cc1)N(C)C(=O)OC(C)(C)C.C[C@@H](C(=O)Nc1ccc2c(n1)CN(c1ccccc1)C(=O)N2c1ccccc1)N(C)C(=O)OC(C)(C)C.Cl. The first-order chi connectivity index (χ1) is 50.5. The Morgan fingerprint density at radius 3 is 0.954 bits per heavy atom. The number of amides is 11. The molecule has 3 aromatic heterocycles. The summed E-state index contributed by atoms with van der Waals surface area (Å²) >= 11 is 12.1. The van der Waals surface area contributed by atoms with E-state index in [-0.39, 0.29) is 76.1 Å². The number of hydrogen-bond donors (Lipinski definition) is 3. The van der Waals surface area contributed by atoms with Crippen molar-refractivity contribution in [2.24, 2.45) is 5.92 Å². The molecule has 0 saturated carbocycles. The first kappa shape index (κ1) is 84.7. The number of anilines is 12. The average molecular weight is 1540 g/mol. The van der Waals surface area contributed by atoms with Crippen molar-refractivity contribution in [3.8, 4) is 0 Å². The minimum atomic E-state index is -0.824. The van der Waals surface area contributed by atoms with Gasteiger partial charge in [0, 0.05) is 47.1 Å². The van der Waals surface area contributed by atoms with E-state index in [0.717, 1.165) is 34.9 Å². The second-order valence-electron chi connectivity index (χ2n) is 27.2. The third kappa shape index (κ3) is 20.8. The van der Waals surface area contributed by atoms with E-state index in [9.17, 15) is 38.4 Å². The molecule has 0 fully saturated rings. The number of hydrogen-bond acceptors (Lipinski definition) is 13. The second-order valence-corrected chi connectivity index (χ2v) is 28.1.